The van der Waals surface area contributed by atoms with Crippen molar-refractivity contribution in [1.82, 2.24) is 0 Å². The zero-order chi connectivity index (χ0) is 32.3. The van der Waals surface area contributed by atoms with E-state index >= 15 is 0 Å². The molecule has 1 heterocycles. The van der Waals surface area contributed by atoms with Gasteiger partial charge in [-0.15, -0.1) is 11.3 Å². The first kappa shape index (κ1) is 28.0. The molecule has 0 atom stereocenters. The molecule has 0 saturated heterocycles. The molecule has 0 saturated carbocycles. The lowest BCUT2D eigenvalue weighted by atomic mass is 9.84. The Labute approximate surface area is 289 Å². The number of hydrogen-bond donors (Lipinski definition) is 0. The van der Waals surface area contributed by atoms with Crippen LogP contribution in [0.15, 0.2) is 182 Å². The molecule has 0 N–H and O–H groups in total. The van der Waals surface area contributed by atoms with Crippen LogP contribution in [0.4, 0.5) is 0 Å². The molecule has 1 heteroatoms. The van der Waals surface area contributed by atoms with Gasteiger partial charge in [0.2, 0.25) is 0 Å². The summed E-state index contributed by atoms with van der Waals surface area (Å²) >= 11 is 1.90. The second-order valence-electron chi connectivity index (χ2n) is 12.8. The first-order valence-corrected chi connectivity index (χ1v) is 17.7. The van der Waals surface area contributed by atoms with Crippen molar-refractivity contribution >= 4 is 63.8 Å². The summed E-state index contributed by atoms with van der Waals surface area (Å²) in [5.74, 6) is 0. The minimum Gasteiger partial charge on any atom is -0.135 e. The molecule has 0 amide bonds. The van der Waals surface area contributed by atoms with Gasteiger partial charge in [-0.05, 0) is 107 Å². The summed E-state index contributed by atoms with van der Waals surface area (Å²) in [5, 5.41) is 10.3. The van der Waals surface area contributed by atoms with Crippen LogP contribution in [0, 0.1) is 0 Å². The highest BCUT2D eigenvalue weighted by Crippen LogP contribution is 2.47. The normalized spacial score (nSPS) is 11.7. The molecule has 10 rings (SSSR count). The summed E-state index contributed by atoms with van der Waals surface area (Å²) in [6, 6.07) is 67.0. The monoisotopic (exact) mass is 638 g/mol. The highest BCUT2D eigenvalue weighted by molar-refractivity contribution is 7.26. The lowest BCUT2D eigenvalue weighted by Gasteiger charge is -2.19. The van der Waals surface area contributed by atoms with E-state index in [1.165, 1.54) is 97.0 Å². The number of hydrogen-bond acceptors (Lipinski definition) is 1. The van der Waals surface area contributed by atoms with Gasteiger partial charge in [0.25, 0.3) is 0 Å². The molecular weight excluding hydrogens is 609 g/mol. The molecule has 0 bridgehead atoms. The molecule has 1 aromatic heterocycles. The van der Waals surface area contributed by atoms with Gasteiger partial charge in [-0.3, -0.25) is 0 Å². The van der Waals surface area contributed by atoms with Gasteiger partial charge in [0.1, 0.15) is 0 Å². The summed E-state index contributed by atoms with van der Waals surface area (Å²) in [4.78, 5) is 0. The van der Waals surface area contributed by atoms with Crippen LogP contribution in [0.25, 0.3) is 97.0 Å². The average molecular weight is 639 g/mol. The number of thiophene rings is 1. The molecule has 0 aliphatic carbocycles. The summed E-state index contributed by atoms with van der Waals surface area (Å²) in [5.41, 5.74) is 9.92. The lowest BCUT2D eigenvalue weighted by Crippen LogP contribution is -1.92. The smallest absolute Gasteiger partial charge is 0.0433 e. The molecule has 0 radical (unpaired) electrons. The maximum Gasteiger partial charge on any atom is 0.0433 e. The maximum absolute atomic E-state index is 2.43. The predicted molar refractivity (Wildman–Crippen MR) is 214 cm³/mol. The van der Waals surface area contributed by atoms with Crippen molar-refractivity contribution in [2.24, 2.45) is 0 Å². The first-order chi connectivity index (χ1) is 24.3. The van der Waals surface area contributed by atoms with Crippen molar-refractivity contribution in [3.05, 3.63) is 182 Å². The van der Waals surface area contributed by atoms with E-state index in [1.807, 2.05) is 11.3 Å². The third-order valence-electron chi connectivity index (χ3n) is 10.0. The highest BCUT2D eigenvalue weighted by atomic mass is 32.1. The van der Waals surface area contributed by atoms with Crippen LogP contribution in [0.5, 0.6) is 0 Å². The van der Waals surface area contributed by atoms with Crippen LogP contribution < -0.4 is 0 Å². The third kappa shape index (κ3) is 4.58. The van der Waals surface area contributed by atoms with E-state index in [2.05, 4.69) is 182 Å². The second kappa shape index (κ2) is 11.3. The Morgan fingerprint density at radius 3 is 1.35 bits per heavy atom. The Morgan fingerprint density at radius 2 is 0.755 bits per heavy atom. The molecule has 0 spiro atoms. The standard InChI is InChI=1S/C48H30S/c1-3-13-31(14-4-1)35-27-36(32-15-5-2-6-16-32)29-37(28-35)47-41-21-11-9-19-39(41)46(40-20-10-12-22-42(40)47)34-24-26-45-44(30-34)43-25-23-33-17-7-8-18-38(33)48(43)49-45/h1-30H. The van der Waals surface area contributed by atoms with E-state index < -0.39 is 0 Å². The molecule has 9 aromatic carbocycles. The van der Waals surface area contributed by atoms with Gasteiger partial charge < -0.3 is 0 Å². The third-order valence-corrected chi connectivity index (χ3v) is 11.2. The van der Waals surface area contributed by atoms with E-state index in [-0.39, 0.29) is 0 Å². The van der Waals surface area contributed by atoms with E-state index in [1.54, 1.807) is 0 Å². The molecular formula is C48H30S. The zero-order valence-electron chi connectivity index (χ0n) is 26.7. The van der Waals surface area contributed by atoms with Crippen molar-refractivity contribution in [3.8, 4) is 44.5 Å². The zero-order valence-corrected chi connectivity index (χ0v) is 27.5. The fraction of sp³-hybridized carbons (Fsp3) is 0. The fourth-order valence-corrected chi connectivity index (χ4v) is 9.00. The fourth-order valence-electron chi connectivity index (χ4n) is 7.78. The molecule has 0 aliphatic heterocycles. The highest BCUT2D eigenvalue weighted by Gasteiger charge is 2.19. The van der Waals surface area contributed by atoms with Crippen LogP contribution >= 0.6 is 11.3 Å². The van der Waals surface area contributed by atoms with Crippen molar-refractivity contribution in [2.45, 2.75) is 0 Å². The Kier molecular flexibility index (Phi) is 6.47. The topological polar surface area (TPSA) is 0 Å². The first-order valence-electron chi connectivity index (χ1n) is 16.8. The summed E-state index contributed by atoms with van der Waals surface area (Å²) in [6.45, 7) is 0. The molecule has 10 aromatic rings. The Hall–Kier alpha value is -6.02. The lowest BCUT2D eigenvalue weighted by molar-refractivity contribution is 1.58. The van der Waals surface area contributed by atoms with Crippen LogP contribution in [0.2, 0.25) is 0 Å². The van der Waals surface area contributed by atoms with Crippen LogP contribution in [-0.4, -0.2) is 0 Å². The van der Waals surface area contributed by atoms with Gasteiger partial charge in [0.05, 0.1) is 0 Å². The van der Waals surface area contributed by atoms with E-state index in [9.17, 15) is 0 Å². The van der Waals surface area contributed by atoms with E-state index in [0.717, 1.165) is 0 Å². The molecule has 0 nitrogen and oxygen atoms in total. The molecule has 228 valence electrons. The van der Waals surface area contributed by atoms with E-state index in [0.29, 0.717) is 0 Å². The van der Waals surface area contributed by atoms with Gasteiger partial charge in [0, 0.05) is 20.2 Å². The van der Waals surface area contributed by atoms with Crippen molar-refractivity contribution < 1.29 is 0 Å². The predicted octanol–water partition coefficient (Wildman–Crippen LogP) is 14.2. The quantitative estimate of drug-likeness (QED) is 0.168. The maximum atomic E-state index is 2.43. The van der Waals surface area contributed by atoms with Gasteiger partial charge >= 0.3 is 0 Å². The van der Waals surface area contributed by atoms with Gasteiger partial charge in [-0.25, -0.2) is 0 Å². The van der Waals surface area contributed by atoms with E-state index in [4.69, 9.17) is 0 Å². The van der Waals surface area contributed by atoms with Gasteiger partial charge in [-0.1, -0.05) is 152 Å². The molecule has 49 heavy (non-hydrogen) atoms. The molecule has 0 aliphatic rings. The van der Waals surface area contributed by atoms with Crippen molar-refractivity contribution in [1.29, 1.82) is 0 Å². The summed E-state index contributed by atoms with van der Waals surface area (Å²) in [6.07, 6.45) is 0. The largest absolute Gasteiger partial charge is 0.135 e. The van der Waals surface area contributed by atoms with Crippen molar-refractivity contribution in [3.63, 3.8) is 0 Å². The van der Waals surface area contributed by atoms with Crippen LogP contribution in [-0.2, 0) is 0 Å². The van der Waals surface area contributed by atoms with Crippen LogP contribution in [0.3, 0.4) is 0 Å². The van der Waals surface area contributed by atoms with Gasteiger partial charge in [0.15, 0.2) is 0 Å². The minimum absolute atomic E-state index is 1.22. The average Bonchev–Trinajstić information content (AvgIpc) is 3.56. The molecule has 0 fully saturated rings. The minimum atomic E-state index is 1.22. The Balaban J connectivity index is 1.26. The number of rotatable bonds is 4. The van der Waals surface area contributed by atoms with Gasteiger partial charge in [-0.2, -0.15) is 0 Å². The summed E-state index contributed by atoms with van der Waals surface area (Å²) < 4.78 is 2.69. The number of fused-ring (bicyclic) bond motifs is 7. The summed E-state index contributed by atoms with van der Waals surface area (Å²) in [7, 11) is 0. The van der Waals surface area contributed by atoms with Crippen LogP contribution in [0.1, 0.15) is 0 Å². The molecule has 0 unspecified atom stereocenters. The van der Waals surface area contributed by atoms with Crippen molar-refractivity contribution in [2.75, 3.05) is 0 Å². The second-order valence-corrected chi connectivity index (χ2v) is 13.9. The Bertz CT molecular complexity index is 2750. The SMILES string of the molecule is c1ccc(-c2cc(-c3ccccc3)cc(-c3c4ccccc4c(-c4ccc5sc6c7ccccc7ccc6c5c4)c4ccccc34)c2)cc1. The number of benzene rings is 9. The Morgan fingerprint density at radius 1 is 0.265 bits per heavy atom.